The number of aliphatic hydroxyl groups excluding tert-OH is 1. The first kappa shape index (κ1) is 13.6. The van der Waals surface area contributed by atoms with Gasteiger partial charge in [0.05, 0.1) is 6.10 Å². The van der Waals surface area contributed by atoms with Crippen LogP contribution < -0.4 is 5.32 Å². The van der Waals surface area contributed by atoms with Gasteiger partial charge in [0.1, 0.15) is 0 Å². The number of hydrogen-bond donors (Lipinski definition) is 2. The average Bonchev–Trinajstić information content (AvgIpc) is 2.46. The van der Waals surface area contributed by atoms with Crippen molar-refractivity contribution in [1.29, 1.82) is 0 Å². The van der Waals surface area contributed by atoms with Crippen molar-refractivity contribution >= 4 is 0 Å². The lowest BCUT2D eigenvalue weighted by atomic mass is 9.90. The molecule has 1 aliphatic heterocycles. The Balaban J connectivity index is 1.78. The molecule has 1 aliphatic rings. The topological polar surface area (TPSA) is 32.3 Å². The molecule has 1 aromatic carbocycles. The van der Waals surface area contributed by atoms with Gasteiger partial charge >= 0.3 is 0 Å². The third-order valence-electron chi connectivity index (χ3n) is 4.04. The van der Waals surface area contributed by atoms with E-state index in [-0.39, 0.29) is 6.10 Å². The van der Waals surface area contributed by atoms with Crippen molar-refractivity contribution in [2.24, 2.45) is 5.92 Å². The quantitative estimate of drug-likeness (QED) is 0.838. The summed E-state index contributed by atoms with van der Waals surface area (Å²) < 4.78 is 0. The Morgan fingerprint density at radius 2 is 2.00 bits per heavy atom. The van der Waals surface area contributed by atoms with Crippen LogP contribution >= 0.6 is 0 Å². The van der Waals surface area contributed by atoms with Gasteiger partial charge in [0.2, 0.25) is 0 Å². The molecule has 0 radical (unpaired) electrons. The van der Waals surface area contributed by atoms with Crippen LogP contribution in [0.4, 0.5) is 0 Å². The fourth-order valence-electron chi connectivity index (χ4n) is 2.70. The molecule has 0 saturated carbocycles. The van der Waals surface area contributed by atoms with Crippen LogP contribution in [-0.2, 0) is 12.8 Å². The van der Waals surface area contributed by atoms with Gasteiger partial charge in [0, 0.05) is 6.54 Å². The van der Waals surface area contributed by atoms with Gasteiger partial charge in [-0.1, -0.05) is 31.2 Å². The van der Waals surface area contributed by atoms with E-state index in [1.54, 1.807) is 0 Å². The third-order valence-corrected chi connectivity index (χ3v) is 4.04. The summed E-state index contributed by atoms with van der Waals surface area (Å²) in [5.41, 5.74) is 2.73. The molecule has 0 spiro atoms. The van der Waals surface area contributed by atoms with Crippen molar-refractivity contribution in [3.8, 4) is 0 Å². The number of hydrogen-bond acceptors (Lipinski definition) is 2. The molecular weight excluding hydrogens is 222 g/mol. The number of rotatable bonds is 5. The SMILES string of the molecule is CCc1ccc(CCC(O)C2CCCNC2)cc1. The smallest absolute Gasteiger partial charge is 0.0583 e. The van der Waals surface area contributed by atoms with E-state index >= 15 is 0 Å². The van der Waals surface area contributed by atoms with Crippen LogP contribution in [0.3, 0.4) is 0 Å². The van der Waals surface area contributed by atoms with Gasteiger partial charge in [0.15, 0.2) is 0 Å². The predicted octanol–water partition coefficient (Wildman–Crippen LogP) is 2.54. The fraction of sp³-hybridized carbons (Fsp3) is 0.625. The van der Waals surface area contributed by atoms with Gasteiger partial charge in [-0.25, -0.2) is 0 Å². The molecule has 0 aliphatic carbocycles. The van der Waals surface area contributed by atoms with E-state index in [2.05, 4.69) is 36.5 Å². The number of benzene rings is 1. The van der Waals surface area contributed by atoms with Gasteiger partial charge in [-0.3, -0.25) is 0 Å². The van der Waals surface area contributed by atoms with Crippen molar-refractivity contribution in [3.63, 3.8) is 0 Å². The summed E-state index contributed by atoms with van der Waals surface area (Å²) in [6.07, 6.45) is 5.19. The zero-order chi connectivity index (χ0) is 12.8. The van der Waals surface area contributed by atoms with E-state index in [4.69, 9.17) is 0 Å². The fourth-order valence-corrected chi connectivity index (χ4v) is 2.70. The van der Waals surface area contributed by atoms with E-state index in [1.807, 2.05) is 0 Å². The van der Waals surface area contributed by atoms with Gasteiger partial charge in [-0.15, -0.1) is 0 Å². The lowest BCUT2D eigenvalue weighted by Gasteiger charge is -2.27. The number of piperidine rings is 1. The van der Waals surface area contributed by atoms with Crippen molar-refractivity contribution < 1.29 is 5.11 Å². The van der Waals surface area contributed by atoms with E-state index in [1.165, 1.54) is 24.0 Å². The standard InChI is InChI=1S/C16H25NO/c1-2-13-5-7-14(8-6-13)9-10-16(18)15-4-3-11-17-12-15/h5-8,15-18H,2-4,9-12H2,1H3. The van der Waals surface area contributed by atoms with Crippen molar-refractivity contribution in [2.75, 3.05) is 13.1 Å². The van der Waals surface area contributed by atoms with E-state index in [0.29, 0.717) is 5.92 Å². The highest BCUT2D eigenvalue weighted by atomic mass is 16.3. The van der Waals surface area contributed by atoms with Crippen LogP contribution in [0.2, 0.25) is 0 Å². The molecular formula is C16H25NO. The Labute approximate surface area is 110 Å². The highest BCUT2D eigenvalue weighted by Crippen LogP contribution is 2.18. The van der Waals surface area contributed by atoms with Crippen LogP contribution in [0.1, 0.15) is 37.3 Å². The predicted molar refractivity (Wildman–Crippen MR) is 75.7 cm³/mol. The molecule has 18 heavy (non-hydrogen) atoms. The molecule has 2 nitrogen and oxygen atoms in total. The Kier molecular flexibility index (Phi) is 5.21. The zero-order valence-electron chi connectivity index (χ0n) is 11.4. The van der Waals surface area contributed by atoms with E-state index < -0.39 is 0 Å². The second kappa shape index (κ2) is 6.91. The number of aliphatic hydroxyl groups is 1. The maximum Gasteiger partial charge on any atom is 0.0583 e. The Morgan fingerprint density at radius 3 is 2.61 bits per heavy atom. The molecule has 1 aromatic rings. The molecule has 1 saturated heterocycles. The highest BCUT2D eigenvalue weighted by molar-refractivity contribution is 5.22. The lowest BCUT2D eigenvalue weighted by molar-refractivity contribution is 0.0844. The van der Waals surface area contributed by atoms with E-state index in [0.717, 1.165) is 32.4 Å². The average molecular weight is 247 g/mol. The van der Waals surface area contributed by atoms with Crippen molar-refractivity contribution in [2.45, 2.75) is 45.1 Å². The molecule has 1 heterocycles. The Bertz CT molecular complexity index is 341. The second-order valence-electron chi connectivity index (χ2n) is 5.38. The molecule has 100 valence electrons. The Morgan fingerprint density at radius 1 is 1.28 bits per heavy atom. The van der Waals surface area contributed by atoms with Gasteiger partial charge < -0.3 is 10.4 Å². The number of nitrogens with one attached hydrogen (secondary N) is 1. The Hall–Kier alpha value is -0.860. The molecule has 0 aromatic heterocycles. The molecule has 2 unspecified atom stereocenters. The molecule has 2 rings (SSSR count). The summed E-state index contributed by atoms with van der Waals surface area (Å²) in [6, 6.07) is 8.79. The van der Waals surface area contributed by atoms with Gasteiger partial charge in [-0.05, 0) is 55.7 Å². The maximum absolute atomic E-state index is 10.2. The first-order valence-electron chi connectivity index (χ1n) is 7.26. The summed E-state index contributed by atoms with van der Waals surface area (Å²) >= 11 is 0. The van der Waals surface area contributed by atoms with Crippen LogP contribution in [0.5, 0.6) is 0 Å². The lowest BCUT2D eigenvalue weighted by Crippen LogP contribution is -2.36. The zero-order valence-corrected chi connectivity index (χ0v) is 11.4. The normalized spacial score (nSPS) is 21.8. The molecule has 2 atom stereocenters. The maximum atomic E-state index is 10.2. The molecule has 1 fully saturated rings. The summed E-state index contributed by atoms with van der Waals surface area (Å²) in [4.78, 5) is 0. The summed E-state index contributed by atoms with van der Waals surface area (Å²) in [7, 11) is 0. The van der Waals surface area contributed by atoms with Crippen LogP contribution in [-0.4, -0.2) is 24.3 Å². The second-order valence-corrected chi connectivity index (χ2v) is 5.38. The van der Waals surface area contributed by atoms with Gasteiger partial charge in [0.25, 0.3) is 0 Å². The molecule has 0 amide bonds. The minimum atomic E-state index is -0.149. The van der Waals surface area contributed by atoms with Crippen LogP contribution in [0.15, 0.2) is 24.3 Å². The first-order chi connectivity index (χ1) is 8.79. The van der Waals surface area contributed by atoms with Crippen molar-refractivity contribution in [3.05, 3.63) is 35.4 Å². The summed E-state index contributed by atoms with van der Waals surface area (Å²) in [6.45, 7) is 4.27. The van der Waals surface area contributed by atoms with Crippen molar-refractivity contribution in [1.82, 2.24) is 5.32 Å². The third kappa shape index (κ3) is 3.82. The molecule has 2 heteroatoms. The largest absolute Gasteiger partial charge is 0.393 e. The minimum Gasteiger partial charge on any atom is -0.393 e. The van der Waals surface area contributed by atoms with Crippen LogP contribution in [0.25, 0.3) is 0 Å². The monoisotopic (exact) mass is 247 g/mol. The highest BCUT2D eigenvalue weighted by Gasteiger charge is 2.20. The first-order valence-corrected chi connectivity index (χ1v) is 7.26. The number of aryl methyl sites for hydroxylation is 2. The molecule has 2 N–H and O–H groups in total. The van der Waals surface area contributed by atoms with E-state index in [9.17, 15) is 5.11 Å². The summed E-state index contributed by atoms with van der Waals surface area (Å²) in [5.74, 6) is 0.452. The minimum absolute atomic E-state index is 0.149. The molecule has 0 bridgehead atoms. The van der Waals surface area contributed by atoms with Gasteiger partial charge in [-0.2, -0.15) is 0 Å². The van der Waals surface area contributed by atoms with Crippen LogP contribution in [0, 0.1) is 5.92 Å². The summed E-state index contributed by atoms with van der Waals surface area (Å²) in [5, 5.41) is 13.6.